The smallest absolute Gasteiger partial charge is 0.0443 e. The first kappa shape index (κ1) is 12.0. The van der Waals surface area contributed by atoms with Crippen molar-refractivity contribution >= 4 is 5.71 Å². The molecule has 0 saturated heterocycles. The molecular weight excluding hydrogens is 182 g/mol. The van der Waals surface area contributed by atoms with Crippen LogP contribution in [-0.2, 0) is 0 Å². The van der Waals surface area contributed by atoms with Crippen molar-refractivity contribution in [3.63, 3.8) is 0 Å². The standard InChI is InChI=1S/C14H21N/c1-5-7-12(8-6-2)9-13-10-14(3,4)11-15-13/h5-8H,1,9-11H2,2-4H3/b8-6-,12-7+. The van der Waals surface area contributed by atoms with Gasteiger partial charge in [-0.1, -0.05) is 44.7 Å². The lowest BCUT2D eigenvalue weighted by atomic mass is 9.89. The number of allylic oxidation sites excluding steroid dienone is 5. The largest absolute Gasteiger partial charge is 0.293 e. The van der Waals surface area contributed by atoms with Gasteiger partial charge in [-0.25, -0.2) is 0 Å². The van der Waals surface area contributed by atoms with Crippen LogP contribution in [-0.4, -0.2) is 12.3 Å². The zero-order chi connectivity index (χ0) is 11.3. The lowest BCUT2D eigenvalue weighted by molar-refractivity contribution is 0.422. The Bertz CT molecular complexity index is 316. The van der Waals surface area contributed by atoms with E-state index in [0.29, 0.717) is 5.41 Å². The molecule has 0 radical (unpaired) electrons. The van der Waals surface area contributed by atoms with Crippen LogP contribution in [0.15, 0.2) is 41.4 Å². The number of aliphatic imine (C=N–C) groups is 1. The minimum Gasteiger partial charge on any atom is -0.293 e. The lowest BCUT2D eigenvalue weighted by Gasteiger charge is -2.14. The number of nitrogens with zero attached hydrogens (tertiary/aromatic N) is 1. The fourth-order valence-corrected chi connectivity index (χ4v) is 1.88. The van der Waals surface area contributed by atoms with Crippen molar-refractivity contribution in [2.45, 2.75) is 33.6 Å². The molecule has 15 heavy (non-hydrogen) atoms. The third-order valence-electron chi connectivity index (χ3n) is 2.53. The van der Waals surface area contributed by atoms with Crippen LogP contribution in [0.4, 0.5) is 0 Å². The van der Waals surface area contributed by atoms with E-state index in [2.05, 4.69) is 43.6 Å². The Labute approximate surface area is 93.3 Å². The lowest BCUT2D eigenvalue weighted by Crippen LogP contribution is -2.12. The molecule has 0 unspecified atom stereocenters. The summed E-state index contributed by atoms with van der Waals surface area (Å²) in [6.45, 7) is 11.3. The predicted molar refractivity (Wildman–Crippen MR) is 68.4 cm³/mol. The molecule has 0 aromatic rings. The highest BCUT2D eigenvalue weighted by Crippen LogP contribution is 2.29. The second kappa shape index (κ2) is 5.11. The summed E-state index contributed by atoms with van der Waals surface area (Å²) < 4.78 is 0. The van der Waals surface area contributed by atoms with Crippen LogP contribution in [0.1, 0.15) is 33.6 Å². The fourth-order valence-electron chi connectivity index (χ4n) is 1.88. The van der Waals surface area contributed by atoms with Gasteiger partial charge in [-0.15, -0.1) is 0 Å². The Kier molecular flexibility index (Phi) is 4.07. The highest BCUT2D eigenvalue weighted by molar-refractivity contribution is 5.89. The van der Waals surface area contributed by atoms with Crippen LogP contribution in [0, 0.1) is 5.41 Å². The molecule has 1 heteroatoms. The molecule has 0 saturated carbocycles. The molecule has 0 bridgehead atoms. The van der Waals surface area contributed by atoms with Crippen molar-refractivity contribution in [2.24, 2.45) is 10.4 Å². The fraction of sp³-hybridized carbons (Fsp3) is 0.500. The van der Waals surface area contributed by atoms with Crippen LogP contribution in [0.2, 0.25) is 0 Å². The van der Waals surface area contributed by atoms with Gasteiger partial charge in [0.25, 0.3) is 0 Å². The molecule has 0 aromatic heterocycles. The molecule has 0 N–H and O–H groups in total. The van der Waals surface area contributed by atoms with E-state index in [1.807, 2.05) is 13.0 Å². The summed E-state index contributed by atoms with van der Waals surface area (Å²) in [5, 5.41) is 0. The van der Waals surface area contributed by atoms with Gasteiger partial charge in [0.2, 0.25) is 0 Å². The molecule has 0 aromatic carbocycles. The van der Waals surface area contributed by atoms with E-state index in [9.17, 15) is 0 Å². The van der Waals surface area contributed by atoms with E-state index >= 15 is 0 Å². The van der Waals surface area contributed by atoms with Gasteiger partial charge in [-0.05, 0) is 24.3 Å². The van der Waals surface area contributed by atoms with Crippen LogP contribution < -0.4 is 0 Å². The molecule has 1 aliphatic heterocycles. The van der Waals surface area contributed by atoms with E-state index < -0.39 is 0 Å². The van der Waals surface area contributed by atoms with Crippen molar-refractivity contribution in [3.8, 4) is 0 Å². The minimum atomic E-state index is 0.366. The van der Waals surface area contributed by atoms with Crippen molar-refractivity contribution in [2.75, 3.05) is 6.54 Å². The molecule has 0 amide bonds. The van der Waals surface area contributed by atoms with E-state index in [-0.39, 0.29) is 0 Å². The first-order valence-electron chi connectivity index (χ1n) is 5.54. The van der Waals surface area contributed by atoms with Gasteiger partial charge in [0.1, 0.15) is 0 Å². The molecule has 1 aliphatic rings. The number of rotatable bonds is 4. The summed E-state index contributed by atoms with van der Waals surface area (Å²) in [4.78, 5) is 4.60. The van der Waals surface area contributed by atoms with Crippen molar-refractivity contribution in [3.05, 3.63) is 36.5 Å². The quantitative estimate of drug-likeness (QED) is 0.614. The molecule has 0 fully saturated rings. The van der Waals surface area contributed by atoms with Crippen molar-refractivity contribution in [1.29, 1.82) is 0 Å². The van der Waals surface area contributed by atoms with Gasteiger partial charge in [-0.2, -0.15) is 0 Å². The Morgan fingerprint density at radius 1 is 1.53 bits per heavy atom. The Morgan fingerprint density at radius 2 is 2.27 bits per heavy atom. The highest BCUT2D eigenvalue weighted by Gasteiger charge is 2.25. The van der Waals surface area contributed by atoms with E-state index in [4.69, 9.17) is 0 Å². The van der Waals surface area contributed by atoms with Gasteiger partial charge in [0.15, 0.2) is 0 Å². The summed E-state index contributed by atoms with van der Waals surface area (Å²) in [6, 6.07) is 0. The van der Waals surface area contributed by atoms with Gasteiger partial charge >= 0.3 is 0 Å². The van der Waals surface area contributed by atoms with Gasteiger partial charge in [0, 0.05) is 18.7 Å². The molecule has 0 spiro atoms. The van der Waals surface area contributed by atoms with Gasteiger partial charge in [0.05, 0.1) is 0 Å². The molecule has 1 rings (SSSR count). The normalized spacial score (nSPS) is 20.7. The maximum absolute atomic E-state index is 4.60. The topological polar surface area (TPSA) is 12.4 Å². The van der Waals surface area contributed by atoms with E-state index in [0.717, 1.165) is 19.4 Å². The Morgan fingerprint density at radius 3 is 2.73 bits per heavy atom. The predicted octanol–water partition coefficient (Wildman–Crippen LogP) is 3.94. The summed E-state index contributed by atoms with van der Waals surface area (Å²) in [5.41, 5.74) is 2.99. The highest BCUT2D eigenvalue weighted by atomic mass is 14.8. The van der Waals surface area contributed by atoms with Crippen molar-refractivity contribution < 1.29 is 0 Å². The van der Waals surface area contributed by atoms with Gasteiger partial charge < -0.3 is 0 Å². The second-order valence-electron chi connectivity index (χ2n) is 4.88. The van der Waals surface area contributed by atoms with Crippen LogP contribution in [0.3, 0.4) is 0 Å². The average molecular weight is 203 g/mol. The van der Waals surface area contributed by atoms with E-state index in [1.165, 1.54) is 11.3 Å². The first-order valence-corrected chi connectivity index (χ1v) is 5.54. The van der Waals surface area contributed by atoms with Crippen LogP contribution in [0.5, 0.6) is 0 Å². The third kappa shape index (κ3) is 3.86. The molecule has 82 valence electrons. The van der Waals surface area contributed by atoms with Gasteiger partial charge in [-0.3, -0.25) is 4.99 Å². The zero-order valence-electron chi connectivity index (χ0n) is 10.1. The minimum absolute atomic E-state index is 0.366. The maximum atomic E-state index is 4.60. The average Bonchev–Trinajstić information content (AvgIpc) is 2.46. The monoisotopic (exact) mass is 203 g/mol. The maximum Gasteiger partial charge on any atom is 0.0443 e. The van der Waals surface area contributed by atoms with Crippen molar-refractivity contribution in [1.82, 2.24) is 0 Å². The Balaban J connectivity index is 2.61. The summed E-state index contributed by atoms with van der Waals surface area (Å²) >= 11 is 0. The molecule has 0 atom stereocenters. The Hall–Kier alpha value is -1.11. The number of hydrogen-bond acceptors (Lipinski definition) is 1. The third-order valence-corrected chi connectivity index (χ3v) is 2.53. The molecule has 0 aliphatic carbocycles. The first-order chi connectivity index (χ1) is 7.07. The zero-order valence-corrected chi connectivity index (χ0v) is 10.1. The molecular formula is C14H21N. The van der Waals surface area contributed by atoms with Crippen LogP contribution in [0.25, 0.3) is 0 Å². The summed E-state index contributed by atoms with van der Waals surface area (Å²) in [7, 11) is 0. The second-order valence-corrected chi connectivity index (χ2v) is 4.88. The SMILES string of the molecule is C=C/C=C(\C=C/C)CC1=NCC(C)(C)C1. The number of hydrogen-bond donors (Lipinski definition) is 0. The van der Waals surface area contributed by atoms with E-state index in [1.54, 1.807) is 0 Å². The molecule has 1 heterocycles. The van der Waals surface area contributed by atoms with Crippen LogP contribution >= 0.6 is 0 Å². The summed E-state index contributed by atoms with van der Waals surface area (Å²) in [6.07, 6.45) is 10.2. The molecule has 1 nitrogen and oxygen atoms in total. The summed E-state index contributed by atoms with van der Waals surface area (Å²) in [5.74, 6) is 0.